The van der Waals surface area contributed by atoms with Gasteiger partial charge in [0.25, 0.3) is 5.24 Å². The molecule has 0 saturated heterocycles. The van der Waals surface area contributed by atoms with Gasteiger partial charge in [0.1, 0.15) is 12.7 Å². The van der Waals surface area contributed by atoms with Gasteiger partial charge in [-0.05, 0) is 71.9 Å². The number of carbonyl (C=O) groups is 3. The van der Waals surface area contributed by atoms with Crippen LogP contribution in [0.3, 0.4) is 0 Å². The topological polar surface area (TPSA) is 76.1 Å². The third kappa shape index (κ3) is 29.8. The minimum atomic E-state index is -0.124. The van der Waals surface area contributed by atoms with Crippen molar-refractivity contribution in [3.05, 3.63) is 12.2 Å². The maximum Gasteiger partial charge on any atom is 0.306 e. The first-order valence-electron chi connectivity index (χ1n) is 18.9. The van der Waals surface area contributed by atoms with Gasteiger partial charge >= 0.3 is 11.9 Å². The molecule has 1 atom stereocenters. The van der Waals surface area contributed by atoms with E-state index in [0.29, 0.717) is 39.0 Å². The minimum Gasteiger partial charge on any atom is -0.462 e. The van der Waals surface area contributed by atoms with Gasteiger partial charge in [-0.2, -0.15) is 0 Å². The van der Waals surface area contributed by atoms with Gasteiger partial charge in [0.05, 0.1) is 0 Å². The van der Waals surface area contributed by atoms with Crippen LogP contribution in [0.25, 0.3) is 0 Å². The summed E-state index contributed by atoms with van der Waals surface area (Å²) in [4.78, 5) is 41.8. The van der Waals surface area contributed by atoms with E-state index in [9.17, 15) is 14.4 Å². The molecule has 270 valence electrons. The first-order chi connectivity index (χ1) is 22.3. The summed E-state index contributed by atoms with van der Waals surface area (Å²) in [5, 5.41) is 0.0985. The van der Waals surface area contributed by atoms with E-state index in [1.54, 1.807) is 0 Å². The zero-order valence-electron chi connectivity index (χ0n) is 30.7. The number of amides is 1. The fourth-order valence-corrected chi connectivity index (χ4v) is 6.23. The molecule has 0 aliphatic carbocycles. The Kier molecular flexibility index (Phi) is 32.2. The highest BCUT2D eigenvalue weighted by Gasteiger charge is 2.17. The molecule has 7 nitrogen and oxygen atoms in total. The summed E-state index contributed by atoms with van der Waals surface area (Å²) >= 11 is 1.37. The van der Waals surface area contributed by atoms with Crippen molar-refractivity contribution >= 4 is 28.9 Å². The Morgan fingerprint density at radius 1 is 0.630 bits per heavy atom. The first kappa shape index (κ1) is 44.5. The molecular weight excluding hydrogens is 596 g/mol. The zero-order chi connectivity index (χ0) is 34.1. The fraction of sp³-hybridized carbons (Fsp3) is 0.868. The number of carbonyl (C=O) groups excluding carboxylic acids is 3. The van der Waals surface area contributed by atoms with E-state index in [-0.39, 0.29) is 23.3 Å². The van der Waals surface area contributed by atoms with Gasteiger partial charge in [-0.25, -0.2) is 0 Å². The van der Waals surface area contributed by atoms with Crippen LogP contribution >= 0.6 is 11.8 Å². The molecule has 0 radical (unpaired) electrons. The summed E-state index contributed by atoms with van der Waals surface area (Å²) in [5.74, 6) is 0.512. The molecule has 0 aromatic heterocycles. The fourth-order valence-electron chi connectivity index (χ4n) is 5.23. The van der Waals surface area contributed by atoms with Gasteiger partial charge in [0.2, 0.25) is 0 Å². The molecule has 0 N–H and O–H groups in total. The number of nitrogens with zero attached hydrogens (tertiary/aromatic N) is 2. The Bertz CT molecular complexity index is 761. The second-order valence-corrected chi connectivity index (χ2v) is 14.0. The van der Waals surface area contributed by atoms with Gasteiger partial charge in [-0.15, -0.1) is 0 Å². The molecule has 0 aliphatic rings. The van der Waals surface area contributed by atoms with Crippen molar-refractivity contribution in [3.63, 3.8) is 0 Å². The number of hydrogen-bond donors (Lipinski definition) is 0. The third-order valence-corrected chi connectivity index (χ3v) is 9.07. The number of ether oxygens (including phenoxy) is 2. The Hall–Kier alpha value is -1.54. The predicted molar refractivity (Wildman–Crippen MR) is 197 cm³/mol. The molecule has 0 spiro atoms. The molecule has 1 amide bonds. The van der Waals surface area contributed by atoms with E-state index in [2.05, 4.69) is 31.7 Å². The largest absolute Gasteiger partial charge is 0.462 e. The SMILES string of the molecule is CCCCCC/C=C\COC(=O)CCCCCCCN(CCCC(=O)OC(CCCCC)CCCCCC)C(=O)SCCN(C)C. The first-order valence-corrected chi connectivity index (χ1v) is 19.9. The lowest BCUT2D eigenvalue weighted by Gasteiger charge is -2.23. The van der Waals surface area contributed by atoms with E-state index < -0.39 is 0 Å². The van der Waals surface area contributed by atoms with E-state index in [1.807, 2.05) is 25.1 Å². The number of unbranched alkanes of at least 4 members (excludes halogenated alkanes) is 13. The Balaban J connectivity index is 4.45. The van der Waals surface area contributed by atoms with Crippen molar-refractivity contribution in [2.75, 3.05) is 46.1 Å². The van der Waals surface area contributed by atoms with Crippen LogP contribution in [0.4, 0.5) is 4.79 Å². The Morgan fingerprint density at radius 3 is 1.89 bits per heavy atom. The van der Waals surface area contributed by atoms with E-state index in [0.717, 1.165) is 76.5 Å². The normalized spacial score (nSPS) is 12.1. The lowest BCUT2D eigenvalue weighted by molar-refractivity contribution is -0.150. The van der Waals surface area contributed by atoms with Crippen LogP contribution < -0.4 is 0 Å². The quantitative estimate of drug-likeness (QED) is 0.0401. The molecule has 1 unspecified atom stereocenters. The maximum atomic E-state index is 13.0. The van der Waals surface area contributed by atoms with Crippen LogP contribution in [-0.4, -0.2) is 79.2 Å². The highest BCUT2D eigenvalue weighted by atomic mass is 32.2. The second-order valence-electron chi connectivity index (χ2n) is 13.0. The van der Waals surface area contributed by atoms with Crippen molar-refractivity contribution in [3.8, 4) is 0 Å². The molecule has 0 aromatic carbocycles. The minimum absolute atomic E-state index is 0.0269. The van der Waals surface area contributed by atoms with Crippen LogP contribution in [0, 0.1) is 0 Å². The van der Waals surface area contributed by atoms with Gasteiger partial charge in [0.15, 0.2) is 0 Å². The molecule has 46 heavy (non-hydrogen) atoms. The van der Waals surface area contributed by atoms with Crippen molar-refractivity contribution in [1.82, 2.24) is 9.80 Å². The smallest absolute Gasteiger partial charge is 0.306 e. The number of esters is 2. The third-order valence-electron chi connectivity index (χ3n) is 8.18. The van der Waals surface area contributed by atoms with Crippen LogP contribution in [0.2, 0.25) is 0 Å². The van der Waals surface area contributed by atoms with E-state index in [4.69, 9.17) is 9.47 Å². The average Bonchev–Trinajstić information content (AvgIpc) is 3.02. The van der Waals surface area contributed by atoms with Gasteiger partial charge in [0, 0.05) is 38.2 Å². The lowest BCUT2D eigenvalue weighted by atomic mass is 10.0. The molecule has 0 heterocycles. The molecule has 0 bridgehead atoms. The molecule has 0 aromatic rings. The second kappa shape index (κ2) is 33.4. The number of allylic oxidation sites excluding steroid dienone is 1. The standard InChI is InChI=1S/C38H72N2O5S/c1-6-9-12-14-15-19-24-33-44-36(41)28-22-17-16-18-23-30-40(38(43)46-34-32-39(4)5)31-25-29-37(42)45-35(26-20-11-8-3)27-21-13-10-7-2/h19,24,35H,6-18,20-23,25-34H2,1-5H3/b24-19-. The van der Waals surface area contributed by atoms with Crippen LogP contribution in [-0.2, 0) is 19.1 Å². The summed E-state index contributed by atoms with van der Waals surface area (Å²) in [7, 11) is 4.03. The lowest BCUT2D eigenvalue weighted by Crippen LogP contribution is -2.31. The molecule has 0 rings (SSSR count). The van der Waals surface area contributed by atoms with E-state index >= 15 is 0 Å². The summed E-state index contributed by atoms with van der Waals surface area (Å²) < 4.78 is 11.2. The average molecular weight is 669 g/mol. The number of thioether (sulfide) groups is 1. The van der Waals surface area contributed by atoms with Crippen LogP contribution in [0.5, 0.6) is 0 Å². The summed E-state index contributed by atoms with van der Waals surface area (Å²) in [6, 6.07) is 0. The predicted octanol–water partition coefficient (Wildman–Crippen LogP) is 10.4. The molecule has 0 fully saturated rings. The van der Waals surface area contributed by atoms with Gasteiger partial charge in [-0.3, -0.25) is 14.4 Å². The van der Waals surface area contributed by atoms with Gasteiger partial charge in [-0.1, -0.05) is 115 Å². The zero-order valence-corrected chi connectivity index (χ0v) is 31.5. The monoisotopic (exact) mass is 669 g/mol. The molecule has 0 aliphatic heterocycles. The number of rotatable bonds is 32. The molecule has 8 heteroatoms. The Labute approximate surface area is 288 Å². The highest BCUT2D eigenvalue weighted by molar-refractivity contribution is 8.13. The van der Waals surface area contributed by atoms with Crippen LogP contribution in [0.15, 0.2) is 12.2 Å². The van der Waals surface area contributed by atoms with Crippen molar-refractivity contribution < 1.29 is 23.9 Å². The number of hydrogen-bond acceptors (Lipinski definition) is 7. The van der Waals surface area contributed by atoms with E-state index in [1.165, 1.54) is 69.5 Å². The van der Waals surface area contributed by atoms with Gasteiger partial charge < -0.3 is 19.3 Å². The molecule has 0 saturated carbocycles. The molecular formula is C38H72N2O5S. The van der Waals surface area contributed by atoms with Crippen molar-refractivity contribution in [2.45, 2.75) is 168 Å². The highest BCUT2D eigenvalue weighted by Crippen LogP contribution is 2.17. The Morgan fingerprint density at radius 2 is 1.20 bits per heavy atom. The van der Waals surface area contributed by atoms with Crippen molar-refractivity contribution in [1.29, 1.82) is 0 Å². The van der Waals surface area contributed by atoms with Crippen LogP contribution in [0.1, 0.15) is 162 Å². The summed E-state index contributed by atoms with van der Waals surface area (Å²) in [6.45, 7) is 9.14. The maximum absolute atomic E-state index is 13.0. The van der Waals surface area contributed by atoms with Crippen molar-refractivity contribution in [2.24, 2.45) is 0 Å². The summed E-state index contributed by atoms with van der Waals surface area (Å²) in [6.07, 6.45) is 26.5. The summed E-state index contributed by atoms with van der Waals surface area (Å²) in [5.41, 5.74) is 0.